The molecule has 1 aliphatic rings. The first-order valence-corrected chi connectivity index (χ1v) is 10.8. The molecule has 0 heterocycles. The Morgan fingerprint density at radius 3 is 2.56 bits per heavy atom. The Balaban J connectivity index is 2.33. The summed E-state index contributed by atoms with van der Waals surface area (Å²) in [5.74, 6) is -0.0333. The largest absolute Gasteiger partial charge is 0.495 e. The third-order valence-electron chi connectivity index (χ3n) is 4.82. The highest BCUT2D eigenvalue weighted by Gasteiger charge is 2.35. The van der Waals surface area contributed by atoms with Gasteiger partial charge in [0.1, 0.15) is 10.6 Å². The number of hydrogen-bond acceptors (Lipinski definition) is 5. The number of methoxy groups -OCH3 is 2. The Morgan fingerprint density at radius 2 is 1.93 bits per heavy atom. The SMILES string of the molecule is COCCNC(=O)CN(C1CCCCC1)S(=O)(=O)c1cc(C)ccc1OC. The van der Waals surface area contributed by atoms with Gasteiger partial charge in [0.05, 0.1) is 20.3 Å². The summed E-state index contributed by atoms with van der Waals surface area (Å²) in [6, 6.07) is 4.88. The highest BCUT2D eigenvalue weighted by atomic mass is 32.2. The van der Waals surface area contributed by atoms with Gasteiger partial charge in [-0.05, 0) is 37.5 Å². The van der Waals surface area contributed by atoms with Crippen molar-refractivity contribution in [3.05, 3.63) is 23.8 Å². The van der Waals surface area contributed by atoms with Crippen LogP contribution in [0.15, 0.2) is 23.1 Å². The van der Waals surface area contributed by atoms with E-state index in [1.807, 2.05) is 6.92 Å². The van der Waals surface area contributed by atoms with Crippen molar-refractivity contribution in [1.29, 1.82) is 0 Å². The quantitative estimate of drug-likeness (QED) is 0.644. The zero-order valence-electron chi connectivity index (χ0n) is 16.4. The van der Waals surface area contributed by atoms with Crippen LogP contribution in [0.2, 0.25) is 0 Å². The molecule has 8 heteroatoms. The molecule has 0 atom stereocenters. The highest BCUT2D eigenvalue weighted by Crippen LogP contribution is 2.32. The summed E-state index contributed by atoms with van der Waals surface area (Å²) in [7, 11) is -0.874. The lowest BCUT2D eigenvalue weighted by atomic mass is 9.95. The zero-order chi connectivity index (χ0) is 19.9. The van der Waals surface area contributed by atoms with Crippen molar-refractivity contribution >= 4 is 15.9 Å². The van der Waals surface area contributed by atoms with E-state index < -0.39 is 10.0 Å². The first-order valence-electron chi connectivity index (χ1n) is 9.32. The Kier molecular flexibility index (Phi) is 8.07. The minimum atomic E-state index is -3.88. The molecule has 1 amide bonds. The number of ether oxygens (including phenoxy) is 2. The summed E-state index contributed by atoms with van der Waals surface area (Å²) >= 11 is 0. The molecular formula is C19H30N2O5S. The molecule has 1 aromatic carbocycles. The lowest BCUT2D eigenvalue weighted by Gasteiger charge is -2.33. The average Bonchev–Trinajstić information content (AvgIpc) is 2.67. The van der Waals surface area contributed by atoms with E-state index in [2.05, 4.69) is 5.32 Å². The molecule has 1 aromatic rings. The van der Waals surface area contributed by atoms with E-state index in [0.717, 1.165) is 37.7 Å². The molecule has 7 nitrogen and oxygen atoms in total. The first-order chi connectivity index (χ1) is 12.9. The molecule has 2 rings (SSSR count). The van der Waals surface area contributed by atoms with Crippen molar-refractivity contribution in [3.63, 3.8) is 0 Å². The molecule has 1 saturated carbocycles. The molecule has 1 fully saturated rings. The maximum Gasteiger partial charge on any atom is 0.247 e. The van der Waals surface area contributed by atoms with Crippen molar-refractivity contribution in [3.8, 4) is 5.75 Å². The molecule has 0 radical (unpaired) electrons. The van der Waals surface area contributed by atoms with Gasteiger partial charge in [-0.1, -0.05) is 25.3 Å². The molecular weight excluding hydrogens is 368 g/mol. The number of sulfonamides is 1. The zero-order valence-corrected chi connectivity index (χ0v) is 17.2. The molecule has 0 bridgehead atoms. The van der Waals surface area contributed by atoms with Gasteiger partial charge in [0.25, 0.3) is 0 Å². The van der Waals surface area contributed by atoms with Crippen LogP contribution in [0.3, 0.4) is 0 Å². The van der Waals surface area contributed by atoms with E-state index in [1.165, 1.54) is 11.4 Å². The van der Waals surface area contributed by atoms with Gasteiger partial charge in [-0.2, -0.15) is 4.31 Å². The van der Waals surface area contributed by atoms with E-state index in [-0.39, 0.29) is 23.4 Å². The van der Waals surface area contributed by atoms with Gasteiger partial charge in [-0.3, -0.25) is 4.79 Å². The van der Waals surface area contributed by atoms with Crippen LogP contribution >= 0.6 is 0 Å². The van der Waals surface area contributed by atoms with Crippen LogP contribution in [-0.2, 0) is 19.6 Å². The fraction of sp³-hybridized carbons (Fsp3) is 0.632. The minimum Gasteiger partial charge on any atom is -0.495 e. The molecule has 1 N–H and O–H groups in total. The molecule has 152 valence electrons. The lowest BCUT2D eigenvalue weighted by Crippen LogP contribution is -2.47. The average molecular weight is 399 g/mol. The predicted molar refractivity (Wildman–Crippen MR) is 103 cm³/mol. The fourth-order valence-corrected chi connectivity index (χ4v) is 5.26. The molecule has 1 aliphatic carbocycles. The molecule has 0 saturated heterocycles. The van der Waals surface area contributed by atoms with Crippen LogP contribution in [0.25, 0.3) is 0 Å². The number of benzene rings is 1. The number of nitrogens with zero attached hydrogens (tertiary/aromatic N) is 1. The van der Waals surface area contributed by atoms with Crippen molar-refractivity contribution in [1.82, 2.24) is 9.62 Å². The number of rotatable bonds is 9. The van der Waals surface area contributed by atoms with E-state index in [4.69, 9.17) is 9.47 Å². The van der Waals surface area contributed by atoms with Gasteiger partial charge in [0.15, 0.2) is 0 Å². The van der Waals surface area contributed by atoms with Crippen LogP contribution in [-0.4, -0.2) is 58.6 Å². The number of carbonyl (C=O) groups excluding carboxylic acids is 1. The van der Waals surface area contributed by atoms with Gasteiger partial charge < -0.3 is 14.8 Å². The van der Waals surface area contributed by atoms with Crippen molar-refractivity contribution in [2.75, 3.05) is 33.9 Å². The molecule has 0 spiro atoms. The van der Waals surface area contributed by atoms with E-state index in [1.54, 1.807) is 25.3 Å². The van der Waals surface area contributed by atoms with Gasteiger partial charge >= 0.3 is 0 Å². The minimum absolute atomic E-state index is 0.111. The van der Waals surface area contributed by atoms with Gasteiger partial charge in [0, 0.05) is 19.7 Å². The number of nitrogens with one attached hydrogen (secondary N) is 1. The molecule has 27 heavy (non-hydrogen) atoms. The normalized spacial score (nSPS) is 15.7. The topological polar surface area (TPSA) is 84.9 Å². The van der Waals surface area contributed by atoms with Crippen LogP contribution < -0.4 is 10.1 Å². The van der Waals surface area contributed by atoms with E-state index in [9.17, 15) is 13.2 Å². The number of amides is 1. The number of hydrogen-bond donors (Lipinski definition) is 1. The Hall–Kier alpha value is -1.64. The molecule has 0 unspecified atom stereocenters. The Morgan fingerprint density at radius 1 is 1.22 bits per heavy atom. The maximum atomic E-state index is 13.5. The number of aryl methyl sites for hydroxylation is 1. The third kappa shape index (κ3) is 5.67. The van der Waals surface area contributed by atoms with Crippen LogP contribution in [0.4, 0.5) is 0 Å². The van der Waals surface area contributed by atoms with Crippen LogP contribution in [0, 0.1) is 6.92 Å². The van der Waals surface area contributed by atoms with Crippen LogP contribution in [0.5, 0.6) is 5.75 Å². The second kappa shape index (κ2) is 10.1. The van der Waals surface area contributed by atoms with Crippen molar-refractivity contribution in [2.45, 2.75) is 50.0 Å². The van der Waals surface area contributed by atoms with Gasteiger partial charge in [-0.25, -0.2) is 8.42 Å². The van der Waals surface area contributed by atoms with E-state index >= 15 is 0 Å². The summed E-state index contributed by atoms with van der Waals surface area (Å²) in [6.07, 6.45) is 4.55. The second-order valence-corrected chi connectivity index (χ2v) is 8.70. The summed E-state index contributed by atoms with van der Waals surface area (Å²) in [5.41, 5.74) is 0.822. The Labute approximate surface area is 162 Å². The standard InChI is InChI=1S/C19H30N2O5S/c1-15-9-10-17(26-3)18(13-15)27(23,24)21(16-7-5-4-6-8-16)14-19(22)20-11-12-25-2/h9-10,13,16H,4-8,11-12,14H2,1-3H3,(H,20,22). The fourth-order valence-electron chi connectivity index (χ4n) is 3.38. The Bertz CT molecular complexity index is 730. The van der Waals surface area contributed by atoms with Crippen LogP contribution in [0.1, 0.15) is 37.7 Å². The smallest absolute Gasteiger partial charge is 0.247 e. The maximum absolute atomic E-state index is 13.5. The second-order valence-electron chi connectivity index (χ2n) is 6.84. The summed E-state index contributed by atoms with van der Waals surface area (Å²) < 4.78 is 38.5. The summed E-state index contributed by atoms with van der Waals surface area (Å²) in [4.78, 5) is 12.5. The van der Waals surface area contributed by atoms with Crippen molar-refractivity contribution < 1.29 is 22.7 Å². The highest BCUT2D eigenvalue weighted by molar-refractivity contribution is 7.89. The third-order valence-corrected chi connectivity index (χ3v) is 6.74. The first kappa shape index (κ1) is 21.7. The predicted octanol–water partition coefficient (Wildman–Crippen LogP) is 2.09. The number of carbonyl (C=O) groups is 1. The molecule has 0 aromatic heterocycles. The summed E-state index contributed by atoms with van der Waals surface area (Å²) in [6.45, 7) is 2.37. The van der Waals surface area contributed by atoms with Crippen molar-refractivity contribution in [2.24, 2.45) is 0 Å². The van der Waals surface area contributed by atoms with Gasteiger partial charge in [0.2, 0.25) is 15.9 Å². The summed E-state index contributed by atoms with van der Waals surface area (Å²) in [5, 5.41) is 2.72. The lowest BCUT2D eigenvalue weighted by molar-refractivity contribution is -0.121. The van der Waals surface area contributed by atoms with E-state index in [0.29, 0.717) is 18.9 Å². The molecule has 0 aliphatic heterocycles. The van der Waals surface area contributed by atoms with Gasteiger partial charge in [-0.15, -0.1) is 0 Å². The monoisotopic (exact) mass is 398 g/mol.